The number of aromatic nitrogens is 4. The van der Waals surface area contributed by atoms with E-state index in [0.29, 0.717) is 11.1 Å². The van der Waals surface area contributed by atoms with E-state index >= 15 is 0 Å². The molecule has 0 N–H and O–H groups in total. The van der Waals surface area contributed by atoms with Gasteiger partial charge in [0, 0.05) is 56.1 Å². The summed E-state index contributed by atoms with van der Waals surface area (Å²) in [7, 11) is 0. The number of imidazole rings is 2. The summed E-state index contributed by atoms with van der Waals surface area (Å²) in [4.78, 5) is 9.87. The molecule has 5 nitrogen and oxygen atoms in total. The zero-order valence-corrected chi connectivity index (χ0v) is 43.6. The Kier molecular flexibility index (Phi) is 10.1. The first-order valence-electron chi connectivity index (χ1n) is 31.4. The Morgan fingerprint density at radius 3 is 1.61 bits per heavy atom. The number of nitrogens with zero attached hydrogens (tertiary/aromatic N) is 4. The predicted octanol–water partition coefficient (Wildman–Crippen LogP) is 18.7. The fourth-order valence-electron chi connectivity index (χ4n) is 9.90. The molecule has 0 bridgehead atoms. The van der Waals surface area contributed by atoms with Crippen LogP contribution in [-0.2, 0) is 20.1 Å². The first-order valence-corrected chi connectivity index (χ1v) is 24.4. The molecule has 0 aliphatic carbocycles. The molecular formula is C68H60IrN4O-2. The molecule has 0 amide bonds. The SMILES string of the molecule is CC(C)c1cc(-c2ccc(-c3ccccc3)cc2)cc(C(C)C)c1-n1c(-c2[c-]ccc3c2oc2ccccc23)nc2ccccc21.[2H]C([2H])([2H])C([2H])(c1cccc(C([2H])(C([2H])([2H])[2H])C([2H])([2H])[2H])c1-n1c(-c2[c-]cccc2)nc2ccccc21)C([2H])([2H])[2H].[Ir]. The van der Waals surface area contributed by atoms with Gasteiger partial charge in [0.05, 0.1) is 39.3 Å². The third-order valence-electron chi connectivity index (χ3n) is 13.4. The molecule has 12 aromatic rings. The van der Waals surface area contributed by atoms with E-state index in [-0.39, 0.29) is 43.3 Å². The molecule has 0 aliphatic rings. The largest absolute Gasteiger partial charge is 0.501 e. The van der Waals surface area contributed by atoms with Crippen LogP contribution in [0.3, 0.4) is 0 Å². The van der Waals surface area contributed by atoms with Crippen molar-refractivity contribution in [1.82, 2.24) is 19.1 Å². The standard InChI is InChI=1S/C43H35N2O.C25H25N2.Ir/c1-27(2)36-25-32(31-23-21-30(22-24-31)29-13-6-5-7-14-29)26-37(28(3)4)41(36)45-39-19-10-9-18-38(39)44-43(45)35-17-12-16-34-33-15-8-11-20-40(33)46-42(34)35;1-17(2)20-13-10-14-21(18(3)4)24(20)27-23-16-9-8-15-22(23)26-25(27)19-11-6-5-7-12-19;/h5-16,18-28H,1-4H3;5-11,13-18H,1-4H3;/q2*-1;/i;1D3,2D3,3D3,4D3,17D,18D;. The molecule has 0 saturated heterocycles. The normalized spacial score (nSPS) is 15.4. The van der Waals surface area contributed by atoms with Gasteiger partial charge in [-0.3, -0.25) is 9.97 Å². The van der Waals surface area contributed by atoms with Crippen LogP contribution in [-0.4, -0.2) is 19.1 Å². The van der Waals surface area contributed by atoms with Crippen molar-refractivity contribution in [2.24, 2.45) is 0 Å². The summed E-state index contributed by atoms with van der Waals surface area (Å²) >= 11 is 0. The van der Waals surface area contributed by atoms with Gasteiger partial charge in [0.15, 0.2) is 0 Å². The van der Waals surface area contributed by atoms with E-state index in [0.717, 1.165) is 62.6 Å². The molecule has 0 atom stereocenters. The first kappa shape index (κ1) is 35.5. The molecule has 12 rings (SSSR count). The second-order valence-electron chi connectivity index (χ2n) is 18.7. The maximum atomic E-state index is 9.00. The van der Waals surface area contributed by atoms with Crippen LogP contribution < -0.4 is 0 Å². The third kappa shape index (κ3) is 9.23. The van der Waals surface area contributed by atoms with E-state index in [1.807, 2.05) is 18.2 Å². The average molecular weight is 1160 g/mol. The van der Waals surface area contributed by atoms with Gasteiger partial charge in [0.25, 0.3) is 0 Å². The van der Waals surface area contributed by atoms with Crippen molar-refractivity contribution in [3.63, 3.8) is 0 Å². The Balaban J connectivity index is 0.000000194. The zero-order valence-electron chi connectivity index (χ0n) is 55.2. The molecule has 3 heterocycles. The monoisotopic (exact) mass is 1160 g/mol. The number of para-hydroxylation sites is 6. The predicted molar refractivity (Wildman–Crippen MR) is 305 cm³/mol. The van der Waals surface area contributed by atoms with Gasteiger partial charge in [0.2, 0.25) is 0 Å². The fourth-order valence-corrected chi connectivity index (χ4v) is 9.90. The second kappa shape index (κ2) is 21.1. The Morgan fingerprint density at radius 1 is 0.473 bits per heavy atom. The Morgan fingerprint density at radius 2 is 1.00 bits per heavy atom. The van der Waals surface area contributed by atoms with E-state index in [1.54, 1.807) is 48.5 Å². The number of rotatable bonds is 10. The van der Waals surface area contributed by atoms with Gasteiger partial charge in [0.1, 0.15) is 5.58 Å². The van der Waals surface area contributed by atoms with Crippen LogP contribution in [0.4, 0.5) is 0 Å². The maximum Gasteiger partial charge on any atom is 0.120 e. The van der Waals surface area contributed by atoms with E-state index in [1.165, 1.54) is 43.6 Å². The molecule has 3 aromatic heterocycles. The molecule has 0 fully saturated rings. The quantitative estimate of drug-likeness (QED) is 0.128. The summed E-state index contributed by atoms with van der Waals surface area (Å²) in [5.41, 5.74) is 12.1. The van der Waals surface area contributed by atoms with E-state index in [9.17, 15) is 0 Å². The summed E-state index contributed by atoms with van der Waals surface area (Å²) in [6.45, 7) is -4.88. The molecule has 0 aliphatic heterocycles. The number of hydrogen-bond acceptors (Lipinski definition) is 3. The van der Waals surface area contributed by atoms with Crippen molar-refractivity contribution in [2.45, 2.75) is 78.7 Å². The number of hydrogen-bond donors (Lipinski definition) is 0. The number of benzene rings is 9. The minimum atomic E-state index is -3.51. The zero-order chi connectivity index (χ0) is 62.2. The Labute approximate surface area is 468 Å². The molecule has 0 saturated carbocycles. The minimum absolute atomic E-state index is 0. The maximum absolute atomic E-state index is 9.00. The van der Waals surface area contributed by atoms with E-state index in [2.05, 4.69) is 159 Å². The molecule has 9 aromatic carbocycles. The average Bonchev–Trinajstić information content (AvgIpc) is 0.892. The number of fused-ring (bicyclic) bond motifs is 5. The van der Waals surface area contributed by atoms with Gasteiger partial charge in [-0.1, -0.05) is 181 Å². The van der Waals surface area contributed by atoms with Crippen molar-refractivity contribution >= 4 is 44.0 Å². The Bertz CT molecular complexity index is 4390. The van der Waals surface area contributed by atoms with Crippen LogP contribution in [0.25, 0.3) is 100 Å². The van der Waals surface area contributed by atoms with Crippen molar-refractivity contribution in [3.8, 4) is 56.4 Å². The van der Waals surface area contributed by atoms with Crippen LogP contribution in [0.5, 0.6) is 0 Å². The smallest absolute Gasteiger partial charge is 0.120 e. The van der Waals surface area contributed by atoms with Gasteiger partial charge in [-0.05, 0) is 111 Å². The number of furan rings is 1. The first-order chi connectivity index (χ1) is 41.2. The topological polar surface area (TPSA) is 48.8 Å². The van der Waals surface area contributed by atoms with Gasteiger partial charge in [-0.2, -0.15) is 0 Å². The summed E-state index contributed by atoms with van der Waals surface area (Å²) < 4.78 is 126. The second-order valence-corrected chi connectivity index (χ2v) is 18.7. The van der Waals surface area contributed by atoms with Crippen LogP contribution in [0.2, 0.25) is 0 Å². The van der Waals surface area contributed by atoms with Gasteiger partial charge >= 0.3 is 0 Å². The molecule has 0 spiro atoms. The molecule has 0 unspecified atom stereocenters. The van der Waals surface area contributed by atoms with Crippen LogP contribution in [0.15, 0.2) is 199 Å². The van der Waals surface area contributed by atoms with Crippen LogP contribution in [0.1, 0.15) is 120 Å². The summed E-state index contributed by atoms with van der Waals surface area (Å²) in [5, 5.41) is 2.18. The van der Waals surface area contributed by atoms with Crippen LogP contribution >= 0.6 is 0 Å². The van der Waals surface area contributed by atoms with E-state index in [4.69, 9.17) is 28.6 Å². The van der Waals surface area contributed by atoms with Crippen molar-refractivity contribution < 1.29 is 43.7 Å². The van der Waals surface area contributed by atoms with Crippen LogP contribution in [0, 0.1) is 12.1 Å². The van der Waals surface area contributed by atoms with Crippen molar-refractivity contribution in [3.05, 3.63) is 229 Å². The summed E-state index contributed by atoms with van der Waals surface area (Å²) in [6, 6.07) is 67.6. The van der Waals surface area contributed by atoms with Gasteiger partial charge in [-0.15, -0.1) is 54.1 Å². The summed E-state index contributed by atoms with van der Waals surface area (Å²) in [5.74, 6) is -5.32. The van der Waals surface area contributed by atoms with Crippen molar-refractivity contribution in [2.75, 3.05) is 0 Å². The molecule has 74 heavy (non-hydrogen) atoms. The molecular weight excluding hydrogens is 1080 g/mol. The molecule has 6 heteroatoms. The van der Waals surface area contributed by atoms with Gasteiger partial charge in [-0.25, -0.2) is 0 Å². The third-order valence-corrected chi connectivity index (χ3v) is 13.4. The van der Waals surface area contributed by atoms with Crippen molar-refractivity contribution in [1.29, 1.82) is 0 Å². The van der Waals surface area contributed by atoms with Gasteiger partial charge < -0.3 is 13.6 Å². The van der Waals surface area contributed by atoms with E-state index < -0.39 is 56.0 Å². The minimum Gasteiger partial charge on any atom is -0.501 e. The molecule has 369 valence electrons. The molecule has 1 radical (unpaired) electrons. The fraction of sp³-hybridized carbons (Fsp3) is 0.176. The Hall–Kier alpha value is -7.63. The summed E-state index contributed by atoms with van der Waals surface area (Å²) in [6.07, 6.45) is 0.